The fourth-order valence-corrected chi connectivity index (χ4v) is 2.71. The molecular formula is C14H20O3. The van der Waals surface area contributed by atoms with E-state index in [0.29, 0.717) is 23.5 Å². The summed E-state index contributed by atoms with van der Waals surface area (Å²) in [5.41, 5.74) is -0.593. The molecule has 94 valence electrons. The zero-order valence-electron chi connectivity index (χ0n) is 11.2. The minimum absolute atomic E-state index is 0.0118. The van der Waals surface area contributed by atoms with Crippen molar-refractivity contribution in [2.45, 2.75) is 58.7 Å². The lowest BCUT2D eigenvalue weighted by atomic mass is 9.73. The maximum Gasteiger partial charge on any atom is 0.194 e. The molecule has 1 heterocycles. The first-order chi connectivity index (χ1) is 7.76. The SMILES string of the molecule is CC1=C(C)C(=O)C2(CCC(C)C)OC2(C)C1=O. The Morgan fingerprint density at radius 2 is 1.65 bits per heavy atom. The second kappa shape index (κ2) is 3.52. The quantitative estimate of drug-likeness (QED) is 0.707. The molecule has 1 aliphatic heterocycles. The molecular weight excluding hydrogens is 216 g/mol. The van der Waals surface area contributed by atoms with Gasteiger partial charge in [-0.25, -0.2) is 0 Å². The number of ether oxygens (including phenoxy) is 1. The highest BCUT2D eigenvalue weighted by molar-refractivity contribution is 6.22. The molecule has 0 aromatic rings. The Hall–Kier alpha value is -0.960. The van der Waals surface area contributed by atoms with Gasteiger partial charge < -0.3 is 4.74 Å². The first-order valence-corrected chi connectivity index (χ1v) is 6.23. The molecule has 0 radical (unpaired) electrons. The van der Waals surface area contributed by atoms with Crippen molar-refractivity contribution >= 4 is 11.6 Å². The zero-order valence-corrected chi connectivity index (χ0v) is 11.2. The predicted molar refractivity (Wildman–Crippen MR) is 64.7 cm³/mol. The molecule has 2 atom stereocenters. The number of Topliss-reactive ketones (excluding diaryl/α,β-unsaturated/α-hetero) is 2. The Balaban J connectivity index is 2.33. The smallest absolute Gasteiger partial charge is 0.194 e. The summed E-state index contributed by atoms with van der Waals surface area (Å²) in [6.45, 7) is 9.42. The summed E-state index contributed by atoms with van der Waals surface area (Å²) in [5.74, 6) is 0.504. The van der Waals surface area contributed by atoms with E-state index in [1.54, 1.807) is 20.8 Å². The number of carbonyl (C=O) groups excluding carboxylic acids is 2. The van der Waals surface area contributed by atoms with Crippen LogP contribution < -0.4 is 0 Å². The molecule has 2 aliphatic rings. The van der Waals surface area contributed by atoms with Crippen LogP contribution in [0.4, 0.5) is 0 Å². The third-order valence-corrected chi connectivity index (χ3v) is 4.22. The van der Waals surface area contributed by atoms with Crippen molar-refractivity contribution in [3.63, 3.8) is 0 Å². The molecule has 3 nitrogen and oxygen atoms in total. The van der Waals surface area contributed by atoms with Crippen molar-refractivity contribution in [1.29, 1.82) is 0 Å². The molecule has 1 aliphatic carbocycles. The molecule has 17 heavy (non-hydrogen) atoms. The summed E-state index contributed by atoms with van der Waals surface area (Å²) >= 11 is 0. The molecule has 2 unspecified atom stereocenters. The van der Waals surface area contributed by atoms with Crippen LogP contribution in [0.1, 0.15) is 47.5 Å². The van der Waals surface area contributed by atoms with Gasteiger partial charge in [-0.15, -0.1) is 0 Å². The van der Waals surface area contributed by atoms with E-state index in [9.17, 15) is 9.59 Å². The molecule has 0 spiro atoms. The number of hydrogen-bond donors (Lipinski definition) is 0. The number of carbonyl (C=O) groups is 2. The minimum Gasteiger partial charge on any atom is -0.345 e. The van der Waals surface area contributed by atoms with Gasteiger partial charge in [-0.05, 0) is 39.5 Å². The van der Waals surface area contributed by atoms with Crippen LogP contribution in [0.5, 0.6) is 0 Å². The Morgan fingerprint density at radius 1 is 1.12 bits per heavy atom. The normalized spacial score (nSPS) is 36.6. The van der Waals surface area contributed by atoms with Crippen molar-refractivity contribution in [2.24, 2.45) is 5.92 Å². The van der Waals surface area contributed by atoms with Crippen LogP contribution in [0.3, 0.4) is 0 Å². The maximum atomic E-state index is 12.3. The Labute approximate surface area is 102 Å². The second-order valence-electron chi connectivity index (χ2n) is 5.80. The average Bonchev–Trinajstić information content (AvgIpc) is 2.90. The summed E-state index contributed by atoms with van der Waals surface area (Å²) in [6.07, 6.45) is 1.55. The van der Waals surface area contributed by atoms with E-state index in [2.05, 4.69) is 13.8 Å². The largest absolute Gasteiger partial charge is 0.345 e. The molecule has 0 aromatic carbocycles. The first-order valence-electron chi connectivity index (χ1n) is 6.23. The van der Waals surface area contributed by atoms with E-state index in [1.165, 1.54) is 0 Å². The Morgan fingerprint density at radius 3 is 2.18 bits per heavy atom. The fourth-order valence-electron chi connectivity index (χ4n) is 2.71. The molecule has 1 saturated heterocycles. The van der Waals surface area contributed by atoms with Gasteiger partial charge in [0.15, 0.2) is 22.8 Å². The highest BCUT2D eigenvalue weighted by atomic mass is 16.6. The Bertz CT molecular complexity index is 433. The van der Waals surface area contributed by atoms with Crippen LogP contribution in [0.25, 0.3) is 0 Å². The van der Waals surface area contributed by atoms with Crippen molar-refractivity contribution in [3.05, 3.63) is 11.1 Å². The minimum atomic E-state index is -0.886. The first kappa shape index (κ1) is 12.5. The van der Waals surface area contributed by atoms with E-state index < -0.39 is 11.2 Å². The summed E-state index contributed by atoms with van der Waals surface area (Å²) in [6, 6.07) is 0. The summed E-state index contributed by atoms with van der Waals surface area (Å²) in [5, 5.41) is 0. The maximum absolute atomic E-state index is 12.3. The average molecular weight is 236 g/mol. The van der Waals surface area contributed by atoms with Crippen molar-refractivity contribution in [2.75, 3.05) is 0 Å². The van der Waals surface area contributed by atoms with Crippen LogP contribution in [0.15, 0.2) is 11.1 Å². The fraction of sp³-hybridized carbons (Fsp3) is 0.714. The molecule has 0 bridgehead atoms. The monoisotopic (exact) mass is 236 g/mol. The molecule has 3 heteroatoms. The van der Waals surface area contributed by atoms with Crippen LogP contribution in [0, 0.1) is 5.92 Å². The van der Waals surface area contributed by atoms with Crippen LogP contribution >= 0.6 is 0 Å². The van der Waals surface area contributed by atoms with Crippen molar-refractivity contribution in [3.8, 4) is 0 Å². The van der Waals surface area contributed by atoms with E-state index in [0.717, 1.165) is 6.42 Å². The van der Waals surface area contributed by atoms with E-state index >= 15 is 0 Å². The highest BCUT2D eigenvalue weighted by Crippen LogP contribution is 2.57. The summed E-state index contributed by atoms with van der Waals surface area (Å²) in [4.78, 5) is 24.5. The van der Waals surface area contributed by atoms with Crippen molar-refractivity contribution < 1.29 is 14.3 Å². The van der Waals surface area contributed by atoms with Crippen LogP contribution in [-0.4, -0.2) is 22.8 Å². The molecule has 0 saturated carbocycles. The zero-order chi connectivity index (χ0) is 13.0. The molecule has 0 amide bonds. The van der Waals surface area contributed by atoms with Gasteiger partial charge in [-0.1, -0.05) is 13.8 Å². The van der Waals surface area contributed by atoms with Crippen LogP contribution in [0.2, 0.25) is 0 Å². The topological polar surface area (TPSA) is 46.7 Å². The predicted octanol–water partition coefficient (Wildman–Crippen LogP) is 2.44. The van der Waals surface area contributed by atoms with E-state index in [-0.39, 0.29) is 11.6 Å². The van der Waals surface area contributed by atoms with Gasteiger partial charge in [0.1, 0.15) is 0 Å². The lowest BCUT2D eigenvalue weighted by molar-refractivity contribution is -0.124. The molecule has 2 rings (SSSR count). The number of ketones is 2. The number of fused-ring (bicyclic) bond motifs is 1. The third kappa shape index (κ3) is 1.45. The van der Waals surface area contributed by atoms with Gasteiger partial charge in [0.05, 0.1) is 0 Å². The number of epoxide rings is 1. The van der Waals surface area contributed by atoms with Gasteiger partial charge in [-0.3, -0.25) is 9.59 Å². The highest BCUT2D eigenvalue weighted by Gasteiger charge is 2.76. The third-order valence-electron chi connectivity index (χ3n) is 4.22. The number of rotatable bonds is 3. The van der Waals surface area contributed by atoms with Gasteiger partial charge in [0, 0.05) is 11.1 Å². The Kier molecular flexibility index (Phi) is 2.58. The van der Waals surface area contributed by atoms with Gasteiger partial charge in [0.25, 0.3) is 0 Å². The van der Waals surface area contributed by atoms with Crippen LogP contribution in [-0.2, 0) is 14.3 Å². The lowest BCUT2D eigenvalue weighted by Gasteiger charge is -2.22. The lowest BCUT2D eigenvalue weighted by Crippen LogP contribution is -2.43. The second-order valence-corrected chi connectivity index (χ2v) is 5.80. The summed E-state index contributed by atoms with van der Waals surface area (Å²) in [7, 11) is 0. The van der Waals surface area contributed by atoms with E-state index in [1.807, 2.05) is 0 Å². The number of hydrogen-bond acceptors (Lipinski definition) is 3. The van der Waals surface area contributed by atoms with Crippen molar-refractivity contribution in [1.82, 2.24) is 0 Å². The molecule has 0 aromatic heterocycles. The standard InChI is InChI=1S/C14H20O3/c1-8(2)6-7-14-12(16)10(4)9(3)11(15)13(14,5)17-14/h8H,6-7H2,1-5H3. The van der Waals surface area contributed by atoms with Gasteiger partial charge >= 0.3 is 0 Å². The molecule has 1 fully saturated rings. The van der Waals surface area contributed by atoms with E-state index in [4.69, 9.17) is 4.74 Å². The summed E-state index contributed by atoms with van der Waals surface area (Å²) < 4.78 is 5.63. The van der Waals surface area contributed by atoms with Gasteiger partial charge in [0.2, 0.25) is 0 Å². The van der Waals surface area contributed by atoms with Gasteiger partial charge in [-0.2, -0.15) is 0 Å². The molecule has 0 N–H and O–H groups in total.